The van der Waals surface area contributed by atoms with Gasteiger partial charge in [0.2, 0.25) is 0 Å². The van der Waals surface area contributed by atoms with Gasteiger partial charge < -0.3 is 0 Å². The van der Waals surface area contributed by atoms with Crippen LogP contribution in [0.25, 0.3) is 41.7 Å². The first-order valence-corrected chi connectivity index (χ1v) is 23.5. The van der Waals surface area contributed by atoms with E-state index in [0.29, 0.717) is 33.2 Å². The molecule has 0 aliphatic carbocycles. The Morgan fingerprint density at radius 1 is 0.429 bits per heavy atom. The number of rotatable bonds is 8. The number of fused-ring (bicyclic) bond motifs is 7. The van der Waals surface area contributed by atoms with Gasteiger partial charge in [-0.1, -0.05) is 127 Å². The zero-order valence-corrected chi connectivity index (χ0v) is 34.3. The van der Waals surface area contributed by atoms with E-state index >= 15 is 0 Å². The molecule has 0 saturated carbocycles. The van der Waals surface area contributed by atoms with Gasteiger partial charge in [0.25, 0.3) is 0 Å². The third-order valence-corrected chi connectivity index (χ3v) is 30.4. The molecule has 5 rings (SSSR count). The van der Waals surface area contributed by atoms with E-state index in [1.165, 1.54) is 50.7 Å². The molecule has 6 heteroatoms. The molecule has 0 nitrogen and oxygen atoms in total. The van der Waals surface area contributed by atoms with Crippen molar-refractivity contribution in [3.8, 4) is 0 Å². The molecule has 5 aromatic rings. The Hall–Kier alpha value is -0.506. The van der Waals surface area contributed by atoms with Crippen molar-refractivity contribution in [3.63, 3.8) is 0 Å². The summed E-state index contributed by atoms with van der Waals surface area (Å²) in [6.07, 6.45) is 0. The lowest BCUT2D eigenvalue weighted by Gasteiger charge is -2.42. The van der Waals surface area contributed by atoms with E-state index < -0.39 is 16.1 Å². The van der Waals surface area contributed by atoms with Crippen molar-refractivity contribution >= 4 is 121 Å². The number of halogens is 2. The molecule has 0 atom stereocenters. The van der Waals surface area contributed by atoms with E-state index in [9.17, 15) is 0 Å². The largest absolute Gasteiger partial charge is 0.144 e. The van der Waals surface area contributed by atoms with Crippen LogP contribution >= 0.6 is 54.5 Å². The monoisotopic (exact) mass is 758 g/mol. The zero-order valence-electron chi connectivity index (χ0n) is 27.5. The molecule has 0 spiro atoms. The fraction of sp³-hybridized carbons (Fsp3) is 0.500. The highest BCUT2D eigenvalue weighted by molar-refractivity contribution is 9.11. The minimum atomic E-state index is -1.74. The van der Waals surface area contributed by atoms with E-state index in [-0.39, 0.29) is 0 Å². The average molecular weight is 761 g/mol. The Morgan fingerprint density at radius 3 is 0.976 bits per heavy atom. The lowest BCUT2D eigenvalue weighted by Crippen LogP contribution is -2.54. The van der Waals surface area contributed by atoms with Crippen LogP contribution < -0.4 is 9.00 Å². The summed E-state index contributed by atoms with van der Waals surface area (Å²) in [5.74, 6) is 0. The van der Waals surface area contributed by atoms with Gasteiger partial charge in [0, 0.05) is 39.9 Å². The minimum absolute atomic E-state index is 0.701. The molecule has 0 unspecified atom stereocenters. The summed E-state index contributed by atoms with van der Waals surface area (Å²) in [7, 11) is -3.49. The first-order chi connectivity index (χ1) is 19.6. The molecule has 0 amide bonds. The standard InChI is InChI=1S/C36H48Br2S2Si2/c1-19(2)41(20(3)4,21(5)6)33-17-29-31(37)15-27-25(35(29)39-33)13-14-26-28(27)16-32(38)30-18-34(40-36(26)30)42(22(7)8,23(9)10)24(11)12/h13-24H,1-12H3. The summed E-state index contributed by atoms with van der Waals surface area (Å²) >= 11 is 12.3. The predicted molar refractivity (Wildman–Crippen MR) is 209 cm³/mol. The van der Waals surface area contributed by atoms with Crippen LogP contribution in [0.15, 0.2) is 45.3 Å². The molecule has 0 aliphatic rings. The number of hydrogen-bond donors (Lipinski definition) is 0. The fourth-order valence-corrected chi connectivity index (χ4v) is 31.2. The highest BCUT2D eigenvalue weighted by Crippen LogP contribution is 2.48. The van der Waals surface area contributed by atoms with E-state index in [4.69, 9.17) is 0 Å². The molecule has 2 aromatic heterocycles. The quantitative estimate of drug-likeness (QED) is 0.109. The Kier molecular flexibility index (Phi) is 9.15. The van der Waals surface area contributed by atoms with Crippen molar-refractivity contribution < 1.29 is 0 Å². The van der Waals surface area contributed by atoms with Crippen LogP contribution in [0.3, 0.4) is 0 Å². The van der Waals surface area contributed by atoms with Crippen LogP contribution in [0.1, 0.15) is 83.1 Å². The van der Waals surface area contributed by atoms with E-state index in [1.807, 2.05) is 0 Å². The van der Waals surface area contributed by atoms with Crippen molar-refractivity contribution in [2.45, 2.75) is 116 Å². The van der Waals surface area contributed by atoms with Crippen LogP contribution in [0.2, 0.25) is 33.2 Å². The predicted octanol–water partition coefficient (Wildman–Crippen LogP) is 13.7. The normalized spacial score (nSPS) is 13.8. The summed E-state index contributed by atoms with van der Waals surface area (Å²) in [5.41, 5.74) is 4.20. The van der Waals surface area contributed by atoms with Crippen LogP contribution in [-0.4, -0.2) is 16.1 Å². The Labute approximate surface area is 281 Å². The molecule has 226 valence electrons. The average Bonchev–Trinajstić information content (AvgIpc) is 3.50. The summed E-state index contributed by atoms with van der Waals surface area (Å²) in [6.45, 7) is 29.7. The highest BCUT2D eigenvalue weighted by atomic mass is 79.9. The second-order valence-electron chi connectivity index (χ2n) is 14.5. The minimum Gasteiger partial charge on any atom is -0.144 e. The maximum atomic E-state index is 4.06. The maximum absolute atomic E-state index is 4.06. The molecular weight excluding hydrogens is 713 g/mol. The lowest BCUT2D eigenvalue weighted by molar-refractivity contribution is 0.837. The number of benzene rings is 3. The molecule has 0 saturated heterocycles. The molecule has 2 heterocycles. The smallest absolute Gasteiger partial charge is 0.107 e. The molecule has 3 aromatic carbocycles. The van der Waals surface area contributed by atoms with Crippen molar-refractivity contribution in [2.75, 3.05) is 0 Å². The Bertz CT molecular complexity index is 1610. The summed E-state index contributed by atoms with van der Waals surface area (Å²) in [4.78, 5) is 0. The van der Waals surface area contributed by atoms with Gasteiger partial charge in [-0.3, -0.25) is 0 Å². The van der Waals surface area contributed by atoms with Gasteiger partial charge in [-0.15, -0.1) is 22.7 Å². The Morgan fingerprint density at radius 2 is 0.714 bits per heavy atom. The van der Waals surface area contributed by atoms with Gasteiger partial charge in [0.15, 0.2) is 0 Å². The Balaban J connectivity index is 1.83. The maximum Gasteiger partial charge on any atom is 0.107 e. The molecule has 0 fully saturated rings. The topological polar surface area (TPSA) is 0 Å². The van der Waals surface area contributed by atoms with Gasteiger partial charge in [-0.05, 0) is 77.3 Å². The van der Waals surface area contributed by atoms with Gasteiger partial charge in [0.05, 0.1) is 0 Å². The van der Waals surface area contributed by atoms with E-state index in [0.717, 1.165) is 0 Å². The van der Waals surface area contributed by atoms with Crippen LogP contribution in [0.5, 0.6) is 0 Å². The van der Waals surface area contributed by atoms with Gasteiger partial charge >= 0.3 is 0 Å². The third-order valence-electron chi connectivity index (χ3n) is 10.9. The van der Waals surface area contributed by atoms with Crippen molar-refractivity contribution in [1.82, 2.24) is 0 Å². The van der Waals surface area contributed by atoms with Crippen molar-refractivity contribution in [2.24, 2.45) is 0 Å². The SMILES string of the molecule is CC(C)[Si](c1cc2c(Br)cc3c4cc(Br)c5cc([Si](C(C)C)(C(C)C)C(C)C)sc5c4ccc3c2s1)(C(C)C)C(C)C. The molecule has 0 radical (unpaired) electrons. The molecule has 0 N–H and O–H groups in total. The summed E-state index contributed by atoms with van der Waals surface area (Å²) in [5, 5.41) is 8.30. The van der Waals surface area contributed by atoms with Gasteiger partial charge in [0.1, 0.15) is 16.1 Å². The van der Waals surface area contributed by atoms with E-state index in [2.05, 4.69) is 174 Å². The summed E-state index contributed by atoms with van der Waals surface area (Å²) < 4.78 is 8.69. The first kappa shape index (κ1) is 32.9. The number of thiophene rings is 2. The van der Waals surface area contributed by atoms with Gasteiger partial charge in [-0.2, -0.15) is 0 Å². The molecule has 0 aliphatic heterocycles. The van der Waals surface area contributed by atoms with Crippen LogP contribution in [-0.2, 0) is 0 Å². The molecule has 42 heavy (non-hydrogen) atoms. The van der Waals surface area contributed by atoms with E-state index in [1.54, 1.807) is 9.00 Å². The van der Waals surface area contributed by atoms with Crippen molar-refractivity contribution in [1.29, 1.82) is 0 Å². The highest BCUT2D eigenvalue weighted by Gasteiger charge is 2.47. The fourth-order valence-electron chi connectivity index (χ4n) is 9.42. The van der Waals surface area contributed by atoms with Gasteiger partial charge in [-0.25, -0.2) is 0 Å². The molecule has 0 bridgehead atoms. The second-order valence-corrected chi connectivity index (χ2v) is 30.7. The first-order valence-electron chi connectivity index (χ1n) is 15.8. The lowest BCUT2D eigenvalue weighted by atomic mass is 10.00. The molecular formula is C36H48Br2S2Si2. The second kappa shape index (κ2) is 11.7. The van der Waals surface area contributed by atoms with Crippen LogP contribution in [0, 0.1) is 0 Å². The van der Waals surface area contributed by atoms with Crippen molar-refractivity contribution in [3.05, 3.63) is 45.3 Å². The summed E-state index contributed by atoms with van der Waals surface area (Å²) in [6, 6.07) is 14.8. The van der Waals surface area contributed by atoms with Crippen LogP contribution in [0.4, 0.5) is 0 Å². The zero-order chi connectivity index (χ0) is 31.0. The third kappa shape index (κ3) is 4.62. The number of hydrogen-bond acceptors (Lipinski definition) is 2.